The minimum absolute atomic E-state index is 0.158. The van der Waals surface area contributed by atoms with Crippen molar-refractivity contribution in [2.75, 3.05) is 6.54 Å². The molecule has 2 atom stereocenters. The Kier molecular flexibility index (Phi) is 5.02. The molecule has 1 aromatic heterocycles. The van der Waals surface area contributed by atoms with E-state index in [2.05, 4.69) is 38.4 Å². The van der Waals surface area contributed by atoms with Gasteiger partial charge in [-0.05, 0) is 37.6 Å². The smallest absolute Gasteiger partial charge is 0.113 e. The average molecular weight is 280 g/mol. The Hall–Kier alpha value is -0.410. The lowest BCUT2D eigenvalue weighted by molar-refractivity contribution is 0.187. The van der Waals surface area contributed by atoms with Gasteiger partial charge in [0.1, 0.15) is 5.01 Å². The summed E-state index contributed by atoms with van der Waals surface area (Å²) in [6.45, 7) is 10.2. The Morgan fingerprint density at radius 1 is 1.53 bits per heavy atom. The zero-order chi connectivity index (χ0) is 13.9. The number of rotatable bonds is 5. The molecule has 1 fully saturated rings. The molecule has 2 nitrogen and oxygen atoms in total. The van der Waals surface area contributed by atoms with Gasteiger partial charge in [0.05, 0.1) is 11.2 Å². The van der Waals surface area contributed by atoms with Crippen LogP contribution in [0.3, 0.4) is 0 Å². The number of aromatic nitrogens is 1. The van der Waals surface area contributed by atoms with Crippen molar-refractivity contribution < 1.29 is 0 Å². The van der Waals surface area contributed by atoms with E-state index in [9.17, 15) is 0 Å². The molecule has 19 heavy (non-hydrogen) atoms. The van der Waals surface area contributed by atoms with E-state index >= 15 is 0 Å². The maximum Gasteiger partial charge on any atom is 0.113 e. The Balaban J connectivity index is 2.24. The van der Waals surface area contributed by atoms with Gasteiger partial charge in [-0.2, -0.15) is 0 Å². The van der Waals surface area contributed by atoms with Gasteiger partial charge in [0.25, 0.3) is 0 Å². The van der Waals surface area contributed by atoms with Gasteiger partial charge in [0.15, 0.2) is 0 Å². The third-order valence-corrected chi connectivity index (χ3v) is 5.30. The third-order valence-electron chi connectivity index (χ3n) is 4.23. The SMILES string of the molecule is CCCNC1(c2nc(C(C)C)cs2)CCCC(C)C1. The van der Waals surface area contributed by atoms with Gasteiger partial charge in [-0.1, -0.05) is 40.5 Å². The molecule has 0 aromatic carbocycles. The number of thiazole rings is 1. The van der Waals surface area contributed by atoms with Crippen LogP contribution in [0.5, 0.6) is 0 Å². The van der Waals surface area contributed by atoms with Crippen LogP contribution in [-0.2, 0) is 5.54 Å². The molecular formula is C16H28N2S. The molecule has 2 unspecified atom stereocenters. The quantitative estimate of drug-likeness (QED) is 0.847. The van der Waals surface area contributed by atoms with Crippen molar-refractivity contribution in [1.82, 2.24) is 10.3 Å². The summed E-state index contributed by atoms with van der Waals surface area (Å²) >= 11 is 1.86. The predicted molar refractivity (Wildman–Crippen MR) is 83.8 cm³/mol. The van der Waals surface area contributed by atoms with E-state index in [0.717, 1.165) is 12.5 Å². The monoisotopic (exact) mass is 280 g/mol. The second-order valence-corrected chi connectivity index (χ2v) is 7.30. The maximum absolute atomic E-state index is 4.95. The molecule has 0 spiro atoms. The van der Waals surface area contributed by atoms with E-state index in [-0.39, 0.29) is 5.54 Å². The highest BCUT2D eigenvalue weighted by molar-refractivity contribution is 7.09. The van der Waals surface area contributed by atoms with E-state index in [1.54, 1.807) is 0 Å². The second kappa shape index (κ2) is 6.36. The molecule has 1 aliphatic rings. The van der Waals surface area contributed by atoms with Crippen molar-refractivity contribution in [3.8, 4) is 0 Å². The minimum Gasteiger partial charge on any atom is -0.305 e. The first kappa shape index (κ1) is 15.0. The van der Waals surface area contributed by atoms with Gasteiger partial charge in [-0.25, -0.2) is 4.98 Å². The Bertz CT molecular complexity index is 399. The molecule has 1 N–H and O–H groups in total. The zero-order valence-electron chi connectivity index (χ0n) is 12.8. The standard InChI is InChI=1S/C16H28N2S/c1-5-9-17-16(8-6-7-13(4)10-16)15-18-14(11-19-15)12(2)3/h11-13,17H,5-10H2,1-4H3. The first-order valence-electron chi connectivity index (χ1n) is 7.78. The summed E-state index contributed by atoms with van der Waals surface area (Å²) in [4.78, 5) is 4.95. The van der Waals surface area contributed by atoms with Gasteiger partial charge in [0, 0.05) is 5.38 Å². The molecule has 1 aliphatic carbocycles. The molecule has 1 aromatic rings. The molecular weight excluding hydrogens is 252 g/mol. The minimum atomic E-state index is 0.158. The fourth-order valence-corrected chi connectivity index (χ4v) is 4.32. The Morgan fingerprint density at radius 3 is 2.89 bits per heavy atom. The van der Waals surface area contributed by atoms with Crippen LogP contribution in [-0.4, -0.2) is 11.5 Å². The van der Waals surface area contributed by atoms with Crippen molar-refractivity contribution in [3.05, 3.63) is 16.1 Å². The van der Waals surface area contributed by atoms with Gasteiger partial charge >= 0.3 is 0 Å². The molecule has 2 rings (SSSR count). The number of nitrogens with zero attached hydrogens (tertiary/aromatic N) is 1. The molecule has 0 bridgehead atoms. The fraction of sp³-hybridized carbons (Fsp3) is 0.812. The number of hydrogen-bond acceptors (Lipinski definition) is 3. The van der Waals surface area contributed by atoms with E-state index in [1.807, 2.05) is 11.3 Å². The average Bonchev–Trinajstić information content (AvgIpc) is 2.87. The second-order valence-electron chi connectivity index (χ2n) is 6.44. The van der Waals surface area contributed by atoms with Crippen molar-refractivity contribution in [2.45, 2.75) is 71.3 Å². The summed E-state index contributed by atoms with van der Waals surface area (Å²) in [5.74, 6) is 1.35. The van der Waals surface area contributed by atoms with Crippen molar-refractivity contribution in [2.24, 2.45) is 5.92 Å². The van der Waals surface area contributed by atoms with Gasteiger partial charge in [-0.3, -0.25) is 0 Å². The molecule has 1 saturated carbocycles. The lowest BCUT2D eigenvalue weighted by Gasteiger charge is -2.39. The summed E-state index contributed by atoms with van der Waals surface area (Å²) in [6, 6.07) is 0. The highest BCUT2D eigenvalue weighted by Crippen LogP contribution is 2.41. The van der Waals surface area contributed by atoms with E-state index < -0.39 is 0 Å². The molecule has 0 aliphatic heterocycles. The van der Waals surface area contributed by atoms with E-state index in [1.165, 1.54) is 42.8 Å². The first-order valence-corrected chi connectivity index (χ1v) is 8.66. The number of nitrogens with one attached hydrogen (secondary N) is 1. The summed E-state index contributed by atoms with van der Waals surface area (Å²) in [6.07, 6.45) is 6.39. The fourth-order valence-electron chi connectivity index (χ4n) is 3.12. The van der Waals surface area contributed by atoms with Crippen LogP contribution in [0.15, 0.2) is 5.38 Å². The van der Waals surface area contributed by atoms with E-state index in [0.29, 0.717) is 5.92 Å². The van der Waals surface area contributed by atoms with Crippen LogP contribution in [0.4, 0.5) is 0 Å². The lowest BCUT2D eigenvalue weighted by atomic mass is 9.76. The molecule has 3 heteroatoms. The lowest BCUT2D eigenvalue weighted by Crippen LogP contribution is -2.46. The normalized spacial score (nSPS) is 27.9. The van der Waals surface area contributed by atoms with Crippen LogP contribution in [0.1, 0.15) is 76.4 Å². The van der Waals surface area contributed by atoms with Crippen molar-refractivity contribution >= 4 is 11.3 Å². The summed E-state index contributed by atoms with van der Waals surface area (Å²) in [5, 5.41) is 7.42. The predicted octanol–water partition coefficient (Wildman–Crippen LogP) is 4.67. The number of hydrogen-bond donors (Lipinski definition) is 1. The molecule has 0 radical (unpaired) electrons. The molecule has 1 heterocycles. The van der Waals surface area contributed by atoms with Crippen LogP contribution >= 0.6 is 11.3 Å². The van der Waals surface area contributed by atoms with Crippen LogP contribution < -0.4 is 5.32 Å². The van der Waals surface area contributed by atoms with Crippen molar-refractivity contribution in [1.29, 1.82) is 0 Å². The molecule has 0 amide bonds. The van der Waals surface area contributed by atoms with Crippen molar-refractivity contribution in [3.63, 3.8) is 0 Å². The molecule has 0 saturated heterocycles. The van der Waals surface area contributed by atoms with Gasteiger partial charge in [-0.15, -0.1) is 11.3 Å². The highest BCUT2D eigenvalue weighted by Gasteiger charge is 2.38. The summed E-state index contributed by atoms with van der Waals surface area (Å²) in [5.41, 5.74) is 1.42. The van der Waals surface area contributed by atoms with E-state index in [4.69, 9.17) is 4.98 Å². The van der Waals surface area contributed by atoms with Crippen LogP contribution in [0.25, 0.3) is 0 Å². The summed E-state index contributed by atoms with van der Waals surface area (Å²) < 4.78 is 0. The Labute approximate surface area is 122 Å². The summed E-state index contributed by atoms with van der Waals surface area (Å²) in [7, 11) is 0. The Morgan fingerprint density at radius 2 is 2.32 bits per heavy atom. The maximum atomic E-state index is 4.95. The molecule has 108 valence electrons. The zero-order valence-corrected chi connectivity index (χ0v) is 13.6. The largest absolute Gasteiger partial charge is 0.305 e. The topological polar surface area (TPSA) is 24.9 Å². The van der Waals surface area contributed by atoms with Gasteiger partial charge in [0.2, 0.25) is 0 Å². The third kappa shape index (κ3) is 3.38. The van der Waals surface area contributed by atoms with Gasteiger partial charge < -0.3 is 5.32 Å². The highest BCUT2D eigenvalue weighted by atomic mass is 32.1. The van der Waals surface area contributed by atoms with Crippen LogP contribution in [0.2, 0.25) is 0 Å². The van der Waals surface area contributed by atoms with Crippen LogP contribution in [0, 0.1) is 5.92 Å². The first-order chi connectivity index (χ1) is 9.07.